The van der Waals surface area contributed by atoms with Gasteiger partial charge in [-0.15, -0.1) is 0 Å². The summed E-state index contributed by atoms with van der Waals surface area (Å²) in [5.41, 5.74) is 0.891. The monoisotopic (exact) mass is 359 g/mol. The molecule has 0 fully saturated rings. The Morgan fingerprint density at radius 2 is 1.85 bits per heavy atom. The standard InChI is InChI=1S/C19H16F3N3O/c1-13-5-7-14(8-6-13)12-24-17-18(26)25(10-9-23-17)16-4-2-3-15(11-16)19(20,21)22/h2-11H,12H2,1H3,(H,23,24). The minimum absolute atomic E-state index is 0.0745. The lowest BCUT2D eigenvalue weighted by molar-refractivity contribution is -0.137. The first kappa shape index (κ1) is 17.7. The van der Waals surface area contributed by atoms with Crippen molar-refractivity contribution < 1.29 is 13.2 Å². The van der Waals surface area contributed by atoms with Crippen molar-refractivity contribution in [2.75, 3.05) is 5.32 Å². The van der Waals surface area contributed by atoms with Gasteiger partial charge in [-0.2, -0.15) is 13.2 Å². The van der Waals surface area contributed by atoms with E-state index in [1.165, 1.54) is 24.5 Å². The second-order valence-corrected chi connectivity index (χ2v) is 5.84. The van der Waals surface area contributed by atoms with E-state index in [0.29, 0.717) is 6.54 Å². The summed E-state index contributed by atoms with van der Waals surface area (Å²) in [7, 11) is 0. The summed E-state index contributed by atoms with van der Waals surface area (Å²) in [6.45, 7) is 2.36. The van der Waals surface area contributed by atoms with E-state index in [2.05, 4.69) is 10.3 Å². The third-order valence-corrected chi connectivity index (χ3v) is 3.87. The number of hydrogen-bond donors (Lipinski definition) is 1. The van der Waals surface area contributed by atoms with Crippen LogP contribution >= 0.6 is 0 Å². The highest BCUT2D eigenvalue weighted by atomic mass is 19.4. The average molecular weight is 359 g/mol. The number of halogens is 3. The maximum Gasteiger partial charge on any atom is 0.416 e. The molecule has 0 spiro atoms. The van der Waals surface area contributed by atoms with Gasteiger partial charge in [-0.05, 0) is 30.7 Å². The Bertz CT molecular complexity index is 963. The fourth-order valence-electron chi connectivity index (χ4n) is 2.46. The second-order valence-electron chi connectivity index (χ2n) is 5.84. The molecule has 1 N–H and O–H groups in total. The summed E-state index contributed by atoms with van der Waals surface area (Å²) in [6.07, 6.45) is -1.76. The third kappa shape index (κ3) is 3.93. The molecule has 0 aliphatic heterocycles. The van der Waals surface area contributed by atoms with Crippen LogP contribution in [0.1, 0.15) is 16.7 Å². The van der Waals surface area contributed by atoms with E-state index in [0.717, 1.165) is 27.8 Å². The molecule has 1 heterocycles. The molecule has 0 amide bonds. The quantitative estimate of drug-likeness (QED) is 0.760. The Balaban J connectivity index is 1.88. The number of alkyl halides is 3. The van der Waals surface area contributed by atoms with Gasteiger partial charge in [-0.25, -0.2) is 4.98 Å². The minimum atomic E-state index is -4.47. The van der Waals surface area contributed by atoms with Crippen LogP contribution in [0, 0.1) is 6.92 Å². The zero-order valence-corrected chi connectivity index (χ0v) is 13.9. The number of benzene rings is 2. The summed E-state index contributed by atoms with van der Waals surface area (Å²) in [6, 6.07) is 12.4. The SMILES string of the molecule is Cc1ccc(CNc2nccn(-c3cccc(C(F)(F)F)c3)c2=O)cc1. The molecule has 3 aromatic rings. The van der Waals surface area contributed by atoms with Crippen LogP contribution in [0.3, 0.4) is 0 Å². The Labute approximate surface area is 147 Å². The number of anilines is 1. The lowest BCUT2D eigenvalue weighted by Crippen LogP contribution is -2.23. The molecule has 2 aromatic carbocycles. The number of aryl methyl sites for hydroxylation is 1. The van der Waals surface area contributed by atoms with Crippen molar-refractivity contribution >= 4 is 5.82 Å². The number of nitrogens with one attached hydrogen (secondary N) is 1. The molecule has 1 aromatic heterocycles. The van der Waals surface area contributed by atoms with Crippen LogP contribution in [0.5, 0.6) is 0 Å². The summed E-state index contributed by atoms with van der Waals surface area (Å²) < 4.78 is 39.8. The molecule has 0 saturated heterocycles. The van der Waals surface area contributed by atoms with Crippen LogP contribution in [0.2, 0.25) is 0 Å². The predicted octanol–water partition coefficient (Wildman–Crippen LogP) is 4.17. The minimum Gasteiger partial charge on any atom is -0.361 e. The molecule has 26 heavy (non-hydrogen) atoms. The number of nitrogens with zero attached hydrogens (tertiary/aromatic N) is 2. The Morgan fingerprint density at radius 1 is 1.12 bits per heavy atom. The van der Waals surface area contributed by atoms with Crippen molar-refractivity contribution in [3.63, 3.8) is 0 Å². The van der Waals surface area contributed by atoms with E-state index in [1.54, 1.807) is 0 Å². The normalized spacial score (nSPS) is 11.4. The maximum absolute atomic E-state index is 12.9. The number of rotatable bonds is 4. The van der Waals surface area contributed by atoms with E-state index in [9.17, 15) is 18.0 Å². The van der Waals surface area contributed by atoms with Gasteiger partial charge < -0.3 is 5.32 Å². The van der Waals surface area contributed by atoms with Crippen molar-refractivity contribution in [1.29, 1.82) is 0 Å². The molecule has 134 valence electrons. The fraction of sp³-hybridized carbons (Fsp3) is 0.158. The molecule has 3 rings (SSSR count). The zero-order valence-electron chi connectivity index (χ0n) is 13.9. The third-order valence-electron chi connectivity index (χ3n) is 3.87. The first-order valence-corrected chi connectivity index (χ1v) is 7.89. The van der Waals surface area contributed by atoms with Gasteiger partial charge >= 0.3 is 6.18 Å². The van der Waals surface area contributed by atoms with Crippen LogP contribution < -0.4 is 10.9 Å². The van der Waals surface area contributed by atoms with E-state index < -0.39 is 17.3 Å². The second kappa shape index (κ2) is 7.03. The lowest BCUT2D eigenvalue weighted by atomic mass is 10.1. The molecule has 0 bridgehead atoms. The summed E-state index contributed by atoms with van der Waals surface area (Å²) in [5, 5.41) is 2.94. The average Bonchev–Trinajstić information content (AvgIpc) is 2.62. The van der Waals surface area contributed by atoms with Crippen molar-refractivity contribution in [2.24, 2.45) is 0 Å². The van der Waals surface area contributed by atoms with Crippen molar-refractivity contribution in [2.45, 2.75) is 19.6 Å². The maximum atomic E-state index is 12.9. The Morgan fingerprint density at radius 3 is 2.54 bits per heavy atom. The fourth-order valence-corrected chi connectivity index (χ4v) is 2.46. The van der Waals surface area contributed by atoms with Gasteiger partial charge in [0.05, 0.1) is 5.56 Å². The first-order valence-electron chi connectivity index (χ1n) is 7.89. The van der Waals surface area contributed by atoms with Gasteiger partial charge in [0.2, 0.25) is 0 Å². The highest BCUT2D eigenvalue weighted by molar-refractivity contribution is 5.41. The van der Waals surface area contributed by atoms with Crippen LogP contribution in [0.15, 0.2) is 65.7 Å². The molecular formula is C19H16F3N3O. The molecule has 7 heteroatoms. The molecule has 4 nitrogen and oxygen atoms in total. The predicted molar refractivity (Wildman–Crippen MR) is 93.3 cm³/mol. The van der Waals surface area contributed by atoms with Gasteiger partial charge in [-0.1, -0.05) is 35.9 Å². The molecular weight excluding hydrogens is 343 g/mol. The van der Waals surface area contributed by atoms with Gasteiger partial charge in [-0.3, -0.25) is 9.36 Å². The smallest absolute Gasteiger partial charge is 0.361 e. The molecule has 0 saturated carbocycles. The summed E-state index contributed by atoms with van der Waals surface area (Å²) in [5.74, 6) is 0.0745. The largest absolute Gasteiger partial charge is 0.416 e. The molecule has 0 radical (unpaired) electrons. The Hall–Kier alpha value is -3.09. The molecule has 0 aliphatic rings. The molecule has 0 atom stereocenters. The topological polar surface area (TPSA) is 46.9 Å². The van der Waals surface area contributed by atoms with E-state index in [1.807, 2.05) is 31.2 Å². The zero-order chi connectivity index (χ0) is 18.7. The highest BCUT2D eigenvalue weighted by Crippen LogP contribution is 2.30. The van der Waals surface area contributed by atoms with Gasteiger partial charge in [0, 0.05) is 24.6 Å². The van der Waals surface area contributed by atoms with Crippen LogP contribution in [0.4, 0.5) is 19.0 Å². The van der Waals surface area contributed by atoms with Crippen LogP contribution in [-0.4, -0.2) is 9.55 Å². The molecule has 0 unspecified atom stereocenters. The Kier molecular flexibility index (Phi) is 4.79. The van der Waals surface area contributed by atoms with Crippen molar-refractivity contribution in [1.82, 2.24) is 9.55 Å². The van der Waals surface area contributed by atoms with Crippen LogP contribution in [-0.2, 0) is 12.7 Å². The van der Waals surface area contributed by atoms with Crippen molar-refractivity contribution in [3.05, 3.63) is 88.0 Å². The first-order chi connectivity index (χ1) is 12.3. The van der Waals surface area contributed by atoms with Gasteiger partial charge in [0.25, 0.3) is 5.56 Å². The summed E-state index contributed by atoms with van der Waals surface area (Å²) >= 11 is 0. The number of hydrogen-bond acceptors (Lipinski definition) is 3. The highest BCUT2D eigenvalue weighted by Gasteiger charge is 2.30. The van der Waals surface area contributed by atoms with Gasteiger partial charge in [0.1, 0.15) is 0 Å². The molecule has 0 aliphatic carbocycles. The number of aromatic nitrogens is 2. The van der Waals surface area contributed by atoms with Crippen molar-refractivity contribution in [3.8, 4) is 5.69 Å². The van der Waals surface area contributed by atoms with Crippen LogP contribution in [0.25, 0.3) is 5.69 Å². The lowest BCUT2D eigenvalue weighted by Gasteiger charge is -2.12. The van der Waals surface area contributed by atoms with E-state index in [4.69, 9.17) is 0 Å². The van der Waals surface area contributed by atoms with Gasteiger partial charge in [0.15, 0.2) is 5.82 Å². The summed E-state index contributed by atoms with van der Waals surface area (Å²) in [4.78, 5) is 16.6. The van der Waals surface area contributed by atoms with E-state index in [-0.39, 0.29) is 11.5 Å². The van der Waals surface area contributed by atoms with E-state index >= 15 is 0 Å².